The van der Waals surface area contributed by atoms with Crippen LogP contribution in [0.3, 0.4) is 0 Å². The Morgan fingerprint density at radius 3 is 2.88 bits per heavy atom. The van der Waals surface area contributed by atoms with Gasteiger partial charge in [0.2, 0.25) is 5.91 Å². The molecule has 6 heteroatoms. The first-order valence-corrected chi connectivity index (χ1v) is 12.6. The minimum absolute atomic E-state index is 0.203. The molecule has 2 fully saturated rings. The van der Waals surface area contributed by atoms with Crippen molar-refractivity contribution in [3.8, 4) is 0 Å². The number of rotatable bonds is 5. The summed E-state index contributed by atoms with van der Waals surface area (Å²) < 4.78 is 0. The van der Waals surface area contributed by atoms with E-state index < -0.39 is 0 Å². The molecule has 0 spiro atoms. The summed E-state index contributed by atoms with van der Waals surface area (Å²) in [7, 11) is 0. The molecule has 0 radical (unpaired) electrons. The van der Waals surface area contributed by atoms with Crippen molar-refractivity contribution in [2.45, 2.75) is 57.8 Å². The van der Waals surface area contributed by atoms with Crippen LogP contribution in [0.1, 0.15) is 60.7 Å². The second kappa shape index (κ2) is 8.47. The molecule has 4 heterocycles. The summed E-state index contributed by atoms with van der Waals surface area (Å²) in [6, 6.07) is 8.20. The molecule has 0 unspecified atom stereocenters. The van der Waals surface area contributed by atoms with Crippen molar-refractivity contribution in [2.24, 2.45) is 5.92 Å². The minimum Gasteiger partial charge on any atom is -0.361 e. The van der Waals surface area contributed by atoms with Crippen LogP contribution in [0, 0.1) is 12.8 Å². The van der Waals surface area contributed by atoms with Crippen LogP contribution in [0.25, 0.3) is 10.9 Å². The van der Waals surface area contributed by atoms with Crippen LogP contribution >= 0.6 is 0 Å². The molecule has 1 aliphatic carbocycles. The number of hydrogen-bond donors (Lipinski definition) is 1. The van der Waals surface area contributed by atoms with Crippen LogP contribution in [0.4, 0.5) is 5.82 Å². The fraction of sp³-hybridized carbons (Fsp3) is 0.519. The number of nitrogens with one attached hydrogen (secondary N) is 1. The third kappa shape index (κ3) is 4.11. The van der Waals surface area contributed by atoms with Crippen molar-refractivity contribution in [3.63, 3.8) is 0 Å². The van der Waals surface area contributed by atoms with Crippen molar-refractivity contribution >= 4 is 22.6 Å². The average molecular weight is 444 g/mol. The second-order valence-electron chi connectivity index (χ2n) is 10.2. The van der Waals surface area contributed by atoms with Crippen molar-refractivity contribution in [1.82, 2.24) is 19.9 Å². The molecule has 1 saturated heterocycles. The van der Waals surface area contributed by atoms with E-state index in [1.165, 1.54) is 30.6 Å². The van der Waals surface area contributed by atoms with E-state index in [4.69, 9.17) is 9.97 Å². The van der Waals surface area contributed by atoms with Crippen LogP contribution in [-0.4, -0.2) is 51.9 Å². The number of carbonyl (C=O) groups excluding carboxylic acids is 1. The predicted octanol–water partition coefficient (Wildman–Crippen LogP) is 4.38. The molecule has 0 bridgehead atoms. The third-order valence-corrected chi connectivity index (χ3v) is 7.70. The second-order valence-corrected chi connectivity index (χ2v) is 10.2. The summed E-state index contributed by atoms with van der Waals surface area (Å²) in [6.45, 7) is 5.95. The maximum absolute atomic E-state index is 13.2. The number of para-hydroxylation sites is 1. The van der Waals surface area contributed by atoms with Gasteiger partial charge in [-0.2, -0.15) is 0 Å². The molecule has 2 aromatic heterocycles. The van der Waals surface area contributed by atoms with Crippen LogP contribution in [0.5, 0.6) is 0 Å². The Hall–Kier alpha value is -2.89. The lowest BCUT2D eigenvalue weighted by Gasteiger charge is -2.34. The third-order valence-electron chi connectivity index (χ3n) is 7.70. The number of aryl methyl sites for hydroxylation is 1. The van der Waals surface area contributed by atoms with Gasteiger partial charge in [0.25, 0.3) is 0 Å². The quantitative estimate of drug-likeness (QED) is 0.636. The zero-order chi connectivity index (χ0) is 22.4. The lowest BCUT2D eigenvalue weighted by atomic mass is 9.95. The number of aromatic amines is 1. The predicted molar refractivity (Wildman–Crippen MR) is 131 cm³/mol. The molecule has 172 valence electrons. The Labute approximate surface area is 195 Å². The summed E-state index contributed by atoms with van der Waals surface area (Å²) in [5.74, 6) is 3.40. The molecule has 1 aromatic carbocycles. The van der Waals surface area contributed by atoms with Gasteiger partial charge in [0.1, 0.15) is 11.6 Å². The Balaban J connectivity index is 1.20. The normalized spacial score (nSPS) is 20.8. The fourth-order valence-electron chi connectivity index (χ4n) is 5.65. The van der Waals surface area contributed by atoms with Crippen LogP contribution < -0.4 is 4.90 Å². The lowest BCUT2D eigenvalue weighted by molar-refractivity contribution is -0.131. The highest BCUT2D eigenvalue weighted by Crippen LogP contribution is 2.36. The zero-order valence-corrected chi connectivity index (χ0v) is 19.5. The van der Waals surface area contributed by atoms with Gasteiger partial charge >= 0.3 is 0 Å². The number of H-pyrrole nitrogens is 1. The smallest absolute Gasteiger partial charge is 0.227 e. The maximum Gasteiger partial charge on any atom is 0.227 e. The lowest BCUT2D eigenvalue weighted by Crippen LogP contribution is -2.40. The van der Waals surface area contributed by atoms with Gasteiger partial charge in [-0.3, -0.25) is 4.79 Å². The van der Waals surface area contributed by atoms with Gasteiger partial charge in [-0.15, -0.1) is 0 Å². The number of aromatic nitrogens is 3. The highest BCUT2D eigenvalue weighted by Gasteiger charge is 2.31. The van der Waals surface area contributed by atoms with Crippen molar-refractivity contribution in [2.75, 3.05) is 31.1 Å². The largest absolute Gasteiger partial charge is 0.361 e. The standard InChI is InChI=1S/C27H33N5O/c1-18-22-8-5-13-32(16-19-10-11-19)27(22)30-26(29-18)20-6-4-12-31(17-20)25(33)14-21-15-28-24-9-3-2-7-23(21)24/h2-3,7,9,15,19-20,28H,4-6,8,10-14,16-17H2,1H3/t20-/m0/s1. The van der Waals surface area contributed by atoms with Gasteiger partial charge in [0.05, 0.1) is 6.42 Å². The number of amides is 1. The minimum atomic E-state index is 0.203. The van der Waals surface area contributed by atoms with Crippen molar-refractivity contribution in [1.29, 1.82) is 0 Å². The van der Waals surface area contributed by atoms with Crippen LogP contribution in [-0.2, 0) is 17.6 Å². The monoisotopic (exact) mass is 443 g/mol. The number of anilines is 1. The fourth-order valence-corrected chi connectivity index (χ4v) is 5.65. The molecule has 1 atom stereocenters. The molecule has 6 rings (SSSR count). The first kappa shape index (κ1) is 20.7. The SMILES string of the molecule is Cc1nc([C@H]2CCCN(C(=O)Cc3c[nH]c4ccccc34)C2)nc2c1CCCN2CC1CC1. The molecule has 3 aliphatic rings. The Morgan fingerprint density at radius 1 is 1.12 bits per heavy atom. The molecule has 3 aromatic rings. The maximum atomic E-state index is 13.2. The molecule has 6 nitrogen and oxygen atoms in total. The Morgan fingerprint density at radius 2 is 2.00 bits per heavy atom. The summed E-state index contributed by atoms with van der Waals surface area (Å²) in [5.41, 5.74) is 4.64. The molecule has 33 heavy (non-hydrogen) atoms. The number of likely N-dealkylation sites (tertiary alicyclic amines) is 1. The van der Waals surface area contributed by atoms with E-state index in [1.807, 2.05) is 23.2 Å². The summed E-state index contributed by atoms with van der Waals surface area (Å²) in [5, 5.41) is 1.14. The average Bonchev–Trinajstić information content (AvgIpc) is 3.58. The number of piperidine rings is 1. The van der Waals surface area contributed by atoms with Crippen LogP contribution in [0.15, 0.2) is 30.5 Å². The van der Waals surface area contributed by atoms with Gasteiger partial charge in [-0.25, -0.2) is 9.97 Å². The first-order chi connectivity index (χ1) is 16.2. The van der Waals surface area contributed by atoms with Gasteiger partial charge in [0, 0.05) is 60.5 Å². The van der Waals surface area contributed by atoms with E-state index >= 15 is 0 Å². The molecule has 1 N–H and O–H groups in total. The van der Waals surface area contributed by atoms with Crippen molar-refractivity contribution in [3.05, 3.63) is 53.1 Å². The number of carbonyl (C=O) groups is 1. The number of hydrogen-bond acceptors (Lipinski definition) is 4. The van der Waals surface area contributed by atoms with Crippen molar-refractivity contribution < 1.29 is 4.79 Å². The number of nitrogens with zero attached hydrogens (tertiary/aromatic N) is 4. The molecular weight excluding hydrogens is 410 g/mol. The summed E-state index contributed by atoms with van der Waals surface area (Å²) in [6.07, 6.45) is 9.49. The van der Waals surface area contributed by atoms with E-state index in [9.17, 15) is 4.79 Å². The highest BCUT2D eigenvalue weighted by atomic mass is 16.2. The topological polar surface area (TPSA) is 65.1 Å². The zero-order valence-electron chi connectivity index (χ0n) is 19.5. The van der Waals surface area contributed by atoms with Gasteiger partial charge in [-0.05, 0) is 63.0 Å². The van der Waals surface area contributed by atoms with Gasteiger partial charge in [-0.1, -0.05) is 18.2 Å². The number of benzene rings is 1. The Bertz CT molecular complexity index is 1180. The van der Waals surface area contributed by atoms with Gasteiger partial charge < -0.3 is 14.8 Å². The molecule has 2 aliphatic heterocycles. The highest BCUT2D eigenvalue weighted by molar-refractivity contribution is 5.89. The first-order valence-electron chi connectivity index (χ1n) is 12.6. The molecule has 1 saturated carbocycles. The Kier molecular flexibility index (Phi) is 5.31. The molecule has 1 amide bonds. The van der Waals surface area contributed by atoms with E-state index in [2.05, 4.69) is 28.9 Å². The van der Waals surface area contributed by atoms with E-state index in [-0.39, 0.29) is 11.8 Å². The molecular formula is C27H33N5O. The van der Waals surface area contributed by atoms with E-state index in [1.54, 1.807) is 0 Å². The van der Waals surface area contributed by atoms with E-state index in [0.717, 1.165) is 79.3 Å². The number of fused-ring (bicyclic) bond motifs is 2. The van der Waals surface area contributed by atoms with E-state index in [0.29, 0.717) is 6.42 Å². The summed E-state index contributed by atoms with van der Waals surface area (Å²) in [4.78, 5) is 31.2. The van der Waals surface area contributed by atoms with Crippen LogP contribution in [0.2, 0.25) is 0 Å². The van der Waals surface area contributed by atoms with Gasteiger partial charge in [0.15, 0.2) is 0 Å². The summed E-state index contributed by atoms with van der Waals surface area (Å²) >= 11 is 0.